The van der Waals surface area contributed by atoms with Gasteiger partial charge in [-0.3, -0.25) is 9.59 Å². The molecule has 0 saturated heterocycles. The number of hydrogen-bond donors (Lipinski definition) is 5. The minimum atomic E-state index is -1.10. The fourth-order valence-electron chi connectivity index (χ4n) is 3.27. The number of nitrogens with one attached hydrogen (secondary N) is 2. The summed E-state index contributed by atoms with van der Waals surface area (Å²) in [5.74, 6) is -1.57. The minimum Gasteiger partial charge on any atom is -0.508 e. The molecule has 1 aromatic rings. The van der Waals surface area contributed by atoms with E-state index in [0.29, 0.717) is 25.8 Å². The molecule has 0 spiro atoms. The number of carboxylic acids is 1. The Morgan fingerprint density at radius 3 is 2.34 bits per heavy atom. The number of hydrogen-bond acceptors (Lipinski definition) is 5. The quantitative estimate of drug-likeness (QED) is 0.195. The first-order valence-electron chi connectivity index (χ1n) is 11.3. The third-order valence-corrected chi connectivity index (χ3v) is 5.05. The maximum atomic E-state index is 13.0. The Morgan fingerprint density at radius 1 is 1.03 bits per heavy atom. The molecule has 2 amide bonds. The molecule has 8 heteroatoms. The summed E-state index contributed by atoms with van der Waals surface area (Å²) in [5.41, 5.74) is 6.33. The maximum absolute atomic E-state index is 13.0. The first-order valence-corrected chi connectivity index (χ1v) is 11.3. The lowest BCUT2D eigenvalue weighted by Crippen LogP contribution is -2.50. The third-order valence-electron chi connectivity index (χ3n) is 5.05. The van der Waals surface area contributed by atoms with Gasteiger partial charge in [-0.1, -0.05) is 50.8 Å². The Morgan fingerprint density at radius 2 is 1.72 bits per heavy atom. The minimum absolute atomic E-state index is 0.117. The molecule has 0 aliphatic carbocycles. The van der Waals surface area contributed by atoms with Gasteiger partial charge in [0.15, 0.2) is 0 Å². The predicted molar refractivity (Wildman–Crippen MR) is 124 cm³/mol. The summed E-state index contributed by atoms with van der Waals surface area (Å²) in [6.07, 6.45) is 9.19. The molecule has 1 rings (SSSR count). The standard InChI is InChI=1S/C24H37N3O5/c1-2-3-4-5-6-9-22(29)27-21(17-18-10-13-20(28)14-11-18)24(32)26-19(8-7-16-25)12-15-23(30)31/h10-15,19,21,28H,2-9,16-17,25H2,1H3,(H,26,32)(H,27,29)(H,30,31)/b15-12+/t19-,21-/m0/s1. The summed E-state index contributed by atoms with van der Waals surface area (Å²) in [6.45, 7) is 2.55. The molecule has 8 nitrogen and oxygen atoms in total. The van der Waals surface area contributed by atoms with Crippen LogP contribution in [-0.2, 0) is 20.8 Å². The van der Waals surface area contributed by atoms with Crippen molar-refractivity contribution in [2.24, 2.45) is 5.73 Å². The van der Waals surface area contributed by atoms with Crippen LogP contribution in [-0.4, -0.2) is 46.6 Å². The van der Waals surface area contributed by atoms with E-state index in [1.807, 2.05) is 0 Å². The van der Waals surface area contributed by atoms with Crippen LogP contribution in [0.3, 0.4) is 0 Å². The molecule has 0 heterocycles. The molecule has 0 aromatic heterocycles. The Balaban J connectivity index is 2.83. The van der Waals surface area contributed by atoms with Crippen molar-refractivity contribution in [3.05, 3.63) is 42.0 Å². The van der Waals surface area contributed by atoms with Crippen molar-refractivity contribution in [2.45, 2.75) is 76.8 Å². The van der Waals surface area contributed by atoms with Crippen LogP contribution in [0.5, 0.6) is 5.75 Å². The van der Waals surface area contributed by atoms with E-state index in [1.54, 1.807) is 12.1 Å². The highest BCUT2D eigenvalue weighted by Crippen LogP contribution is 2.12. The smallest absolute Gasteiger partial charge is 0.328 e. The van der Waals surface area contributed by atoms with Crippen LogP contribution in [0.4, 0.5) is 0 Å². The van der Waals surface area contributed by atoms with Gasteiger partial charge >= 0.3 is 5.97 Å². The van der Waals surface area contributed by atoms with Crippen LogP contribution in [0.25, 0.3) is 0 Å². The average Bonchev–Trinajstić information content (AvgIpc) is 2.76. The van der Waals surface area contributed by atoms with Crippen molar-refractivity contribution in [2.75, 3.05) is 6.54 Å². The Hall–Kier alpha value is -2.87. The third kappa shape index (κ3) is 12.1. The molecule has 0 aliphatic rings. The van der Waals surface area contributed by atoms with Crippen molar-refractivity contribution in [1.29, 1.82) is 0 Å². The van der Waals surface area contributed by atoms with Gasteiger partial charge in [-0.25, -0.2) is 4.79 Å². The molecule has 0 bridgehead atoms. The fraction of sp³-hybridized carbons (Fsp3) is 0.542. The topological polar surface area (TPSA) is 142 Å². The van der Waals surface area contributed by atoms with Gasteiger partial charge in [-0.05, 0) is 43.5 Å². The van der Waals surface area contributed by atoms with Crippen LogP contribution in [0.1, 0.15) is 63.9 Å². The molecule has 0 saturated carbocycles. The van der Waals surface area contributed by atoms with E-state index in [0.717, 1.165) is 43.7 Å². The van der Waals surface area contributed by atoms with Crippen molar-refractivity contribution in [3.8, 4) is 5.75 Å². The zero-order valence-corrected chi connectivity index (χ0v) is 18.9. The van der Waals surface area contributed by atoms with Crippen LogP contribution in [0.2, 0.25) is 0 Å². The lowest BCUT2D eigenvalue weighted by molar-refractivity contribution is -0.131. The van der Waals surface area contributed by atoms with Crippen molar-refractivity contribution in [1.82, 2.24) is 10.6 Å². The Bertz CT molecular complexity index is 734. The zero-order chi connectivity index (χ0) is 23.8. The summed E-state index contributed by atoms with van der Waals surface area (Å²) in [4.78, 5) is 36.3. The second kappa shape index (κ2) is 15.9. The Kier molecular flexibility index (Phi) is 13.5. The summed E-state index contributed by atoms with van der Waals surface area (Å²) < 4.78 is 0. The van der Waals surface area contributed by atoms with E-state index < -0.39 is 24.0 Å². The monoisotopic (exact) mass is 447 g/mol. The zero-order valence-electron chi connectivity index (χ0n) is 18.9. The second-order valence-electron chi connectivity index (χ2n) is 7.90. The SMILES string of the molecule is CCCCCCCC(=O)N[C@@H](Cc1ccc(O)cc1)C(=O)N[C@H](/C=C/C(=O)O)CCCN. The summed E-state index contributed by atoms with van der Waals surface area (Å²) in [7, 11) is 0. The molecule has 1 aromatic carbocycles. The Labute approximate surface area is 190 Å². The first-order chi connectivity index (χ1) is 15.3. The summed E-state index contributed by atoms with van der Waals surface area (Å²) in [5, 5.41) is 24.0. The van der Waals surface area contributed by atoms with Crippen molar-refractivity contribution >= 4 is 17.8 Å². The number of unbranched alkanes of at least 4 members (excludes halogenated alkanes) is 4. The number of aliphatic carboxylic acids is 1. The van der Waals surface area contributed by atoms with Crippen LogP contribution < -0.4 is 16.4 Å². The van der Waals surface area contributed by atoms with E-state index >= 15 is 0 Å². The number of nitrogens with two attached hydrogens (primary N) is 1. The molecule has 0 unspecified atom stereocenters. The van der Waals surface area contributed by atoms with E-state index in [4.69, 9.17) is 10.8 Å². The molecule has 32 heavy (non-hydrogen) atoms. The van der Waals surface area contributed by atoms with Gasteiger partial charge in [0.1, 0.15) is 11.8 Å². The van der Waals surface area contributed by atoms with Crippen LogP contribution in [0, 0.1) is 0 Å². The van der Waals surface area contributed by atoms with Gasteiger partial charge in [0.2, 0.25) is 11.8 Å². The van der Waals surface area contributed by atoms with Crippen molar-refractivity contribution < 1.29 is 24.6 Å². The van der Waals surface area contributed by atoms with Crippen molar-refractivity contribution in [3.63, 3.8) is 0 Å². The number of amides is 2. The number of aromatic hydroxyl groups is 1. The molecule has 2 atom stereocenters. The van der Waals surface area contributed by atoms with Crippen LogP contribution >= 0.6 is 0 Å². The lowest BCUT2D eigenvalue weighted by atomic mass is 10.0. The van der Waals surface area contributed by atoms with E-state index in [1.165, 1.54) is 18.2 Å². The largest absolute Gasteiger partial charge is 0.508 e. The van der Waals surface area contributed by atoms with Gasteiger partial charge in [-0.15, -0.1) is 0 Å². The van der Waals surface area contributed by atoms with E-state index in [-0.39, 0.29) is 18.1 Å². The van der Waals surface area contributed by atoms with Gasteiger partial charge in [-0.2, -0.15) is 0 Å². The molecule has 0 radical (unpaired) electrons. The van der Waals surface area contributed by atoms with Gasteiger partial charge in [0.05, 0.1) is 0 Å². The number of carboxylic acid groups (broad SMARTS) is 1. The average molecular weight is 448 g/mol. The van der Waals surface area contributed by atoms with Gasteiger partial charge in [0.25, 0.3) is 0 Å². The summed E-state index contributed by atoms with van der Waals surface area (Å²) >= 11 is 0. The molecular weight excluding hydrogens is 410 g/mol. The summed E-state index contributed by atoms with van der Waals surface area (Å²) in [6, 6.07) is 5.13. The van der Waals surface area contributed by atoms with Gasteiger partial charge in [0, 0.05) is 25.0 Å². The molecular formula is C24H37N3O5. The normalized spacial score (nSPS) is 12.9. The number of phenols is 1. The molecule has 178 valence electrons. The van der Waals surface area contributed by atoms with E-state index in [9.17, 15) is 19.5 Å². The molecule has 0 aliphatic heterocycles. The van der Waals surface area contributed by atoms with Gasteiger partial charge < -0.3 is 26.6 Å². The number of benzene rings is 1. The lowest BCUT2D eigenvalue weighted by Gasteiger charge is -2.22. The highest BCUT2D eigenvalue weighted by Gasteiger charge is 2.23. The van der Waals surface area contributed by atoms with Crippen LogP contribution in [0.15, 0.2) is 36.4 Å². The fourth-order valence-corrected chi connectivity index (χ4v) is 3.27. The highest BCUT2D eigenvalue weighted by molar-refractivity contribution is 5.88. The van der Waals surface area contributed by atoms with E-state index in [2.05, 4.69) is 17.6 Å². The number of carbonyl (C=O) groups is 3. The number of phenolic OH excluding ortho intramolecular Hbond substituents is 1. The second-order valence-corrected chi connectivity index (χ2v) is 7.90. The number of carbonyl (C=O) groups excluding carboxylic acids is 2. The molecule has 6 N–H and O–H groups in total. The number of rotatable bonds is 16. The first kappa shape index (κ1) is 27.2. The highest BCUT2D eigenvalue weighted by atomic mass is 16.4. The predicted octanol–water partition coefficient (Wildman–Crippen LogP) is 2.64. The molecule has 0 fully saturated rings. The maximum Gasteiger partial charge on any atom is 0.328 e.